The maximum Gasteiger partial charge on any atom is 0.244 e. The molecule has 0 spiro atoms. The summed E-state index contributed by atoms with van der Waals surface area (Å²) in [6.45, 7) is 2.85. The molecule has 0 saturated carbocycles. The van der Waals surface area contributed by atoms with Crippen LogP contribution < -0.4 is 15.4 Å². The Morgan fingerprint density at radius 3 is 2.77 bits per heavy atom. The van der Waals surface area contributed by atoms with E-state index in [1.54, 1.807) is 10.6 Å². The van der Waals surface area contributed by atoms with E-state index in [2.05, 4.69) is 15.6 Å². The Morgan fingerprint density at radius 1 is 1.19 bits per heavy atom. The molecule has 1 aromatic heterocycles. The maximum absolute atomic E-state index is 12.6. The minimum Gasteiger partial charge on any atom is -0.492 e. The zero-order valence-electron chi connectivity index (χ0n) is 14.6. The Morgan fingerprint density at radius 2 is 1.96 bits per heavy atom. The first-order valence-corrected chi connectivity index (χ1v) is 8.54. The van der Waals surface area contributed by atoms with Gasteiger partial charge in [-0.15, -0.1) is 0 Å². The summed E-state index contributed by atoms with van der Waals surface area (Å²) in [5, 5.41) is 15.0. The molecule has 0 bridgehead atoms. The fraction of sp³-hybridized carbons (Fsp3) is 0.263. The molecule has 1 heterocycles. The number of carbonyl (C=O) groups excluding carboxylic acids is 1. The highest BCUT2D eigenvalue weighted by atomic mass is 16.5. The first kappa shape index (κ1) is 17.8. The van der Waals surface area contributed by atoms with E-state index in [9.17, 15) is 4.79 Å². The number of benzene rings is 2. The number of carbonyl (C=O) groups is 1. The molecule has 0 atom stereocenters. The monoisotopic (exact) mass is 354 g/mol. The van der Waals surface area contributed by atoms with Gasteiger partial charge in [0.1, 0.15) is 12.3 Å². The predicted molar refractivity (Wildman–Crippen MR) is 102 cm³/mol. The molecular formula is C19H22N4O3. The lowest BCUT2D eigenvalue weighted by Crippen LogP contribution is -2.21. The zero-order valence-corrected chi connectivity index (χ0v) is 14.6. The van der Waals surface area contributed by atoms with Gasteiger partial charge in [-0.3, -0.25) is 4.79 Å². The van der Waals surface area contributed by atoms with Gasteiger partial charge in [-0.2, -0.15) is 0 Å². The number of anilines is 2. The van der Waals surface area contributed by atoms with Crippen molar-refractivity contribution in [3.8, 4) is 5.75 Å². The summed E-state index contributed by atoms with van der Waals surface area (Å²) in [4.78, 5) is 17.1. The molecule has 0 fully saturated rings. The van der Waals surface area contributed by atoms with Gasteiger partial charge in [0.05, 0.1) is 29.9 Å². The Labute approximate surface area is 151 Å². The van der Waals surface area contributed by atoms with Crippen LogP contribution in [0.1, 0.15) is 6.92 Å². The number of amides is 1. The quantitative estimate of drug-likeness (QED) is 0.578. The Balaban J connectivity index is 1.83. The van der Waals surface area contributed by atoms with Gasteiger partial charge in [-0.25, -0.2) is 4.98 Å². The van der Waals surface area contributed by atoms with Crippen LogP contribution in [0.25, 0.3) is 11.0 Å². The van der Waals surface area contributed by atoms with Crippen molar-refractivity contribution in [3.05, 3.63) is 48.5 Å². The number of fused-ring (bicyclic) bond motifs is 1. The predicted octanol–water partition coefficient (Wildman–Crippen LogP) is 2.48. The lowest BCUT2D eigenvalue weighted by molar-refractivity contribution is -0.116. The topological polar surface area (TPSA) is 88.4 Å². The van der Waals surface area contributed by atoms with E-state index < -0.39 is 0 Å². The number of rotatable bonds is 8. The van der Waals surface area contributed by atoms with Gasteiger partial charge in [0.15, 0.2) is 0 Å². The molecule has 0 aliphatic carbocycles. The number of aromatic nitrogens is 2. The van der Waals surface area contributed by atoms with Crippen molar-refractivity contribution >= 4 is 28.6 Å². The number of aliphatic hydroxyl groups excluding tert-OH is 1. The van der Waals surface area contributed by atoms with Crippen LogP contribution in [0, 0.1) is 0 Å². The average molecular weight is 354 g/mol. The molecule has 136 valence electrons. The highest BCUT2D eigenvalue weighted by Crippen LogP contribution is 2.24. The summed E-state index contributed by atoms with van der Waals surface area (Å²) >= 11 is 0. The van der Waals surface area contributed by atoms with Crippen molar-refractivity contribution in [2.45, 2.75) is 13.5 Å². The molecule has 7 nitrogen and oxygen atoms in total. The van der Waals surface area contributed by atoms with Gasteiger partial charge >= 0.3 is 0 Å². The number of ether oxygens (including phenoxy) is 1. The average Bonchev–Trinajstić information content (AvgIpc) is 2.99. The van der Waals surface area contributed by atoms with Crippen LogP contribution >= 0.6 is 0 Å². The lowest BCUT2D eigenvalue weighted by atomic mass is 10.3. The van der Waals surface area contributed by atoms with E-state index in [4.69, 9.17) is 9.84 Å². The first-order chi connectivity index (χ1) is 12.7. The summed E-state index contributed by atoms with van der Waals surface area (Å²) in [7, 11) is 0. The van der Waals surface area contributed by atoms with Crippen LogP contribution in [0.2, 0.25) is 0 Å². The van der Waals surface area contributed by atoms with Crippen LogP contribution in [0.4, 0.5) is 11.6 Å². The zero-order chi connectivity index (χ0) is 18.4. The van der Waals surface area contributed by atoms with Crippen LogP contribution in [0.3, 0.4) is 0 Å². The summed E-state index contributed by atoms with van der Waals surface area (Å²) in [5.74, 6) is 0.998. The Hall–Kier alpha value is -3.06. The smallest absolute Gasteiger partial charge is 0.244 e. The van der Waals surface area contributed by atoms with Crippen LogP contribution in [-0.2, 0) is 11.3 Å². The molecule has 2 aromatic carbocycles. The first-order valence-electron chi connectivity index (χ1n) is 8.54. The number of hydrogen-bond donors (Lipinski definition) is 3. The fourth-order valence-electron chi connectivity index (χ4n) is 2.72. The highest BCUT2D eigenvalue weighted by molar-refractivity contribution is 5.93. The van der Waals surface area contributed by atoms with Crippen molar-refractivity contribution in [2.75, 3.05) is 30.4 Å². The van der Waals surface area contributed by atoms with E-state index in [0.29, 0.717) is 30.5 Å². The molecule has 1 amide bonds. The van der Waals surface area contributed by atoms with Crippen molar-refractivity contribution in [3.63, 3.8) is 0 Å². The largest absolute Gasteiger partial charge is 0.492 e. The molecule has 3 aromatic rings. The second-order valence-electron chi connectivity index (χ2n) is 5.64. The van der Waals surface area contributed by atoms with Crippen molar-refractivity contribution in [1.82, 2.24) is 9.55 Å². The number of nitrogens with one attached hydrogen (secondary N) is 2. The second kappa shape index (κ2) is 8.35. The van der Waals surface area contributed by atoms with Crippen molar-refractivity contribution in [1.29, 1.82) is 0 Å². The summed E-state index contributed by atoms with van der Waals surface area (Å²) in [6, 6.07) is 14.9. The van der Waals surface area contributed by atoms with Crippen molar-refractivity contribution < 1.29 is 14.6 Å². The molecule has 0 aliphatic rings. The number of para-hydroxylation sites is 4. The Bertz CT molecular complexity index is 891. The summed E-state index contributed by atoms with van der Waals surface area (Å²) in [6.07, 6.45) is 0. The van der Waals surface area contributed by atoms with E-state index >= 15 is 0 Å². The fourth-order valence-corrected chi connectivity index (χ4v) is 2.72. The normalized spacial score (nSPS) is 10.7. The van der Waals surface area contributed by atoms with E-state index in [-0.39, 0.29) is 19.1 Å². The van der Waals surface area contributed by atoms with Gasteiger partial charge in [0.2, 0.25) is 11.9 Å². The van der Waals surface area contributed by atoms with E-state index in [1.165, 1.54) is 0 Å². The second-order valence-corrected chi connectivity index (χ2v) is 5.64. The van der Waals surface area contributed by atoms with Gasteiger partial charge in [0, 0.05) is 6.54 Å². The molecule has 0 radical (unpaired) electrons. The van der Waals surface area contributed by atoms with Crippen LogP contribution in [-0.4, -0.2) is 40.3 Å². The maximum atomic E-state index is 12.6. The molecule has 0 unspecified atom stereocenters. The molecule has 26 heavy (non-hydrogen) atoms. The number of imidazole rings is 1. The molecule has 0 aliphatic heterocycles. The molecular weight excluding hydrogens is 332 g/mol. The molecule has 0 saturated heterocycles. The van der Waals surface area contributed by atoms with Gasteiger partial charge < -0.3 is 25.0 Å². The number of aliphatic hydroxyl groups is 1. The van der Waals surface area contributed by atoms with E-state index in [1.807, 2.05) is 49.4 Å². The minimum absolute atomic E-state index is 0.0167. The van der Waals surface area contributed by atoms with Crippen LogP contribution in [0.15, 0.2) is 48.5 Å². The minimum atomic E-state index is -0.188. The summed E-state index contributed by atoms with van der Waals surface area (Å²) in [5.41, 5.74) is 2.27. The third kappa shape index (κ3) is 3.94. The van der Waals surface area contributed by atoms with Gasteiger partial charge in [-0.1, -0.05) is 24.3 Å². The SMILES string of the molecule is CCOc1ccccc1NC(=O)Cn1c(NCCO)nc2ccccc21. The standard InChI is InChI=1S/C19H22N4O3/c1-2-26-17-10-6-4-8-15(17)21-18(25)13-23-16-9-5-3-7-14(16)22-19(23)20-11-12-24/h3-10,24H,2,11-13H2,1H3,(H,20,22)(H,21,25). The van der Waals surface area contributed by atoms with Gasteiger partial charge in [0.25, 0.3) is 0 Å². The molecule has 3 N–H and O–H groups in total. The highest BCUT2D eigenvalue weighted by Gasteiger charge is 2.14. The summed E-state index contributed by atoms with van der Waals surface area (Å²) < 4.78 is 7.34. The third-order valence-corrected chi connectivity index (χ3v) is 3.81. The lowest BCUT2D eigenvalue weighted by Gasteiger charge is -2.13. The molecule has 7 heteroatoms. The number of nitrogens with zero attached hydrogens (tertiary/aromatic N) is 2. The van der Waals surface area contributed by atoms with Gasteiger partial charge in [-0.05, 0) is 31.2 Å². The van der Waals surface area contributed by atoms with E-state index in [0.717, 1.165) is 11.0 Å². The van der Waals surface area contributed by atoms with Crippen LogP contribution in [0.5, 0.6) is 5.75 Å². The Kier molecular flexibility index (Phi) is 5.70. The van der Waals surface area contributed by atoms with Crippen molar-refractivity contribution in [2.24, 2.45) is 0 Å². The molecule has 3 rings (SSSR count). The number of hydrogen-bond acceptors (Lipinski definition) is 5. The third-order valence-electron chi connectivity index (χ3n) is 3.81.